The Balaban J connectivity index is 0.000000791. The van der Waals surface area contributed by atoms with E-state index in [1.807, 2.05) is 13.8 Å². The van der Waals surface area contributed by atoms with Crippen LogP contribution in [0.5, 0.6) is 0 Å². The van der Waals surface area contributed by atoms with Gasteiger partial charge >= 0.3 is 0 Å². The van der Waals surface area contributed by atoms with E-state index in [1.165, 1.54) is 4.31 Å². The van der Waals surface area contributed by atoms with E-state index in [4.69, 9.17) is 0 Å². The summed E-state index contributed by atoms with van der Waals surface area (Å²) in [6, 6.07) is 0. The summed E-state index contributed by atoms with van der Waals surface area (Å²) in [7, 11) is -3.15. The Morgan fingerprint density at radius 1 is 1.29 bits per heavy atom. The van der Waals surface area contributed by atoms with Crippen LogP contribution in [0.1, 0.15) is 33.6 Å². The van der Waals surface area contributed by atoms with Crippen LogP contribution < -0.4 is 0 Å². The highest BCUT2D eigenvalue weighted by Crippen LogP contribution is 2.18. The molecule has 0 aromatic heterocycles. The van der Waals surface area contributed by atoms with E-state index in [9.17, 15) is 8.42 Å². The van der Waals surface area contributed by atoms with Gasteiger partial charge in [-0.3, -0.25) is 0 Å². The maximum atomic E-state index is 11.3. The van der Waals surface area contributed by atoms with Crippen molar-refractivity contribution in [3.05, 3.63) is 12.0 Å². The number of nitrogens with zero attached hydrogens (tertiary/aromatic N) is 1. The van der Waals surface area contributed by atoms with Gasteiger partial charge in [-0.1, -0.05) is 27.4 Å². The van der Waals surface area contributed by atoms with E-state index in [-0.39, 0.29) is 0 Å². The van der Waals surface area contributed by atoms with E-state index >= 15 is 0 Å². The fraction of sp³-hybridized carbons (Fsp3) is 0.800. The number of sulfonamides is 1. The predicted octanol–water partition coefficient (Wildman–Crippen LogP) is 2.22. The minimum absolute atomic E-state index is 0.648. The summed E-state index contributed by atoms with van der Waals surface area (Å²) in [6.45, 7) is 10.7. The Morgan fingerprint density at radius 2 is 1.71 bits per heavy atom. The summed E-state index contributed by atoms with van der Waals surface area (Å²) in [5.41, 5.74) is 0. The Hall–Kier alpha value is -0.350. The average molecular weight is 219 g/mol. The molecule has 3 nitrogen and oxygen atoms in total. The largest absolute Gasteiger partial charge is 0.235 e. The van der Waals surface area contributed by atoms with Crippen molar-refractivity contribution < 1.29 is 8.42 Å². The first-order valence-corrected chi connectivity index (χ1v) is 6.69. The van der Waals surface area contributed by atoms with Gasteiger partial charge in [-0.2, -0.15) is 4.31 Å². The number of piperidine rings is 1. The van der Waals surface area contributed by atoms with Gasteiger partial charge in [-0.15, -0.1) is 0 Å². The van der Waals surface area contributed by atoms with E-state index in [0.29, 0.717) is 19.0 Å². The molecule has 1 saturated heterocycles. The number of hydrogen-bond acceptors (Lipinski definition) is 2. The van der Waals surface area contributed by atoms with Crippen LogP contribution in [0.2, 0.25) is 0 Å². The maximum Gasteiger partial charge on any atom is 0.235 e. The minimum atomic E-state index is -3.15. The van der Waals surface area contributed by atoms with Crippen LogP contribution >= 0.6 is 0 Å². The molecule has 0 atom stereocenters. The normalized spacial score (nSPS) is 19.6. The zero-order chi connectivity index (χ0) is 11.2. The molecule has 0 N–H and O–H groups in total. The van der Waals surface area contributed by atoms with Crippen molar-refractivity contribution in [2.75, 3.05) is 13.1 Å². The molecular formula is C10H21NO2S. The van der Waals surface area contributed by atoms with Gasteiger partial charge < -0.3 is 0 Å². The lowest BCUT2D eigenvalue weighted by Crippen LogP contribution is -2.36. The van der Waals surface area contributed by atoms with E-state index in [1.54, 1.807) is 0 Å². The maximum absolute atomic E-state index is 11.3. The number of rotatable bonds is 2. The number of hydrogen-bond donors (Lipinski definition) is 0. The lowest BCUT2D eigenvalue weighted by Gasteiger charge is -2.28. The third-order valence-corrected chi connectivity index (χ3v) is 3.82. The molecule has 0 aromatic carbocycles. The summed E-state index contributed by atoms with van der Waals surface area (Å²) < 4.78 is 24.0. The lowest BCUT2D eigenvalue weighted by molar-refractivity contribution is 0.290. The quantitative estimate of drug-likeness (QED) is 0.714. The van der Waals surface area contributed by atoms with Crippen LogP contribution in [0.4, 0.5) is 0 Å². The molecule has 0 saturated carbocycles. The molecule has 0 aliphatic carbocycles. The second-order valence-electron chi connectivity index (χ2n) is 3.29. The fourth-order valence-corrected chi connectivity index (χ4v) is 2.28. The van der Waals surface area contributed by atoms with Crippen LogP contribution in [-0.2, 0) is 10.0 Å². The van der Waals surface area contributed by atoms with Crippen molar-refractivity contribution in [2.45, 2.75) is 33.6 Å². The van der Waals surface area contributed by atoms with Crippen LogP contribution in [0.3, 0.4) is 0 Å². The summed E-state index contributed by atoms with van der Waals surface area (Å²) in [4.78, 5) is 0. The summed E-state index contributed by atoms with van der Waals surface area (Å²) in [6.07, 6.45) is 1.93. The molecule has 0 amide bonds. The first-order chi connectivity index (χ1) is 6.56. The molecule has 84 valence electrons. The molecule has 14 heavy (non-hydrogen) atoms. The van der Waals surface area contributed by atoms with Crippen LogP contribution in [0, 0.1) is 5.92 Å². The summed E-state index contributed by atoms with van der Waals surface area (Å²) in [5, 5.41) is 1.03. The third-order valence-electron chi connectivity index (χ3n) is 2.31. The smallest absolute Gasteiger partial charge is 0.208 e. The van der Waals surface area contributed by atoms with Gasteiger partial charge in [0.05, 0.1) is 0 Å². The van der Waals surface area contributed by atoms with Gasteiger partial charge in [0.2, 0.25) is 10.0 Å². The monoisotopic (exact) mass is 219 g/mol. The second kappa shape index (κ2) is 6.19. The lowest BCUT2D eigenvalue weighted by atomic mass is 10.0. The average Bonchev–Trinajstić information content (AvgIpc) is 2.21. The van der Waals surface area contributed by atoms with Crippen molar-refractivity contribution in [3.63, 3.8) is 0 Å². The Bertz CT molecular complexity index is 251. The highest BCUT2D eigenvalue weighted by Gasteiger charge is 2.23. The molecule has 1 heterocycles. The molecule has 1 aliphatic heterocycles. The van der Waals surface area contributed by atoms with Gasteiger partial charge in [0, 0.05) is 18.5 Å². The Kier molecular flexibility index (Phi) is 6.04. The van der Waals surface area contributed by atoms with Crippen molar-refractivity contribution in [2.24, 2.45) is 5.92 Å². The van der Waals surface area contributed by atoms with Crippen molar-refractivity contribution >= 4 is 10.0 Å². The summed E-state index contributed by atoms with van der Waals surface area (Å²) >= 11 is 0. The van der Waals surface area contributed by atoms with Gasteiger partial charge in [-0.25, -0.2) is 8.42 Å². The zero-order valence-electron chi connectivity index (χ0n) is 9.36. The first-order valence-electron chi connectivity index (χ1n) is 5.19. The molecule has 1 aliphatic rings. The molecule has 0 unspecified atom stereocenters. The topological polar surface area (TPSA) is 37.4 Å². The third kappa shape index (κ3) is 3.80. The molecule has 0 aromatic rings. The minimum Gasteiger partial charge on any atom is -0.208 e. The molecule has 1 rings (SSSR count). The van der Waals surface area contributed by atoms with Gasteiger partial charge in [-0.05, 0) is 18.8 Å². The first kappa shape index (κ1) is 13.7. The SMILES string of the molecule is C=CS(=O)(=O)N1CCC(C)CC1.CC. The van der Waals surface area contributed by atoms with Crippen LogP contribution in [0.25, 0.3) is 0 Å². The molecule has 1 fully saturated rings. The molecule has 0 bridgehead atoms. The van der Waals surface area contributed by atoms with E-state index < -0.39 is 10.0 Å². The van der Waals surface area contributed by atoms with Crippen LogP contribution in [0.15, 0.2) is 12.0 Å². The highest BCUT2D eigenvalue weighted by atomic mass is 32.2. The van der Waals surface area contributed by atoms with Crippen LogP contribution in [-0.4, -0.2) is 25.8 Å². The molecular weight excluding hydrogens is 198 g/mol. The molecule has 0 spiro atoms. The van der Waals surface area contributed by atoms with Crippen molar-refractivity contribution in [1.82, 2.24) is 4.31 Å². The highest BCUT2D eigenvalue weighted by molar-refractivity contribution is 7.92. The standard InChI is InChI=1S/C8H15NO2S.C2H6/c1-3-12(10,11)9-6-4-8(2)5-7-9;1-2/h3,8H,1,4-7H2,2H3;1-2H3. The Labute approximate surface area is 87.9 Å². The predicted molar refractivity (Wildman–Crippen MR) is 60.4 cm³/mol. The van der Waals surface area contributed by atoms with E-state index in [0.717, 1.165) is 18.2 Å². The fourth-order valence-electron chi connectivity index (χ4n) is 1.34. The van der Waals surface area contributed by atoms with Gasteiger partial charge in [0.15, 0.2) is 0 Å². The van der Waals surface area contributed by atoms with Crippen molar-refractivity contribution in [3.8, 4) is 0 Å². The van der Waals surface area contributed by atoms with Crippen molar-refractivity contribution in [1.29, 1.82) is 0 Å². The van der Waals surface area contributed by atoms with Gasteiger partial charge in [0.25, 0.3) is 0 Å². The molecule has 4 heteroatoms. The van der Waals surface area contributed by atoms with E-state index in [2.05, 4.69) is 13.5 Å². The van der Waals surface area contributed by atoms with Gasteiger partial charge in [0.1, 0.15) is 0 Å². The summed E-state index contributed by atoms with van der Waals surface area (Å²) in [5.74, 6) is 0.654. The second-order valence-corrected chi connectivity index (χ2v) is 5.17. The molecule has 0 radical (unpaired) electrons. The zero-order valence-corrected chi connectivity index (χ0v) is 10.2. The Morgan fingerprint density at radius 3 is 2.07 bits per heavy atom.